The molecule has 0 aromatic rings. The Kier molecular flexibility index (Phi) is 25.6. The molecule has 0 spiro atoms. The summed E-state index contributed by atoms with van der Waals surface area (Å²) in [7, 11) is -2.69. The molecule has 0 aromatic heterocycles. The molecule has 0 amide bonds. The van der Waals surface area contributed by atoms with E-state index in [0.717, 1.165) is 6.42 Å². The monoisotopic (exact) mass is 491 g/mol. The van der Waals surface area contributed by atoms with Crippen molar-refractivity contribution >= 4 is 10.1 Å². The standard InChI is InChI=1S/C22H47NO7S.Na/c1-3-4-5-6-7-8-9-10-11-12-15-29-18-22(25)19-30-16-13-14-23(2)17-21(24)20-31(26,27)28;/h21-22,24-25H,3-20H2,1-2H3,(H,26,27,28);/q;+1/p-1. The minimum atomic E-state index is -4.42. The van der Waals surface area contributed by atoms with Crippen LogP contribution in [0, 0.1) is 0 Å². The van der Waals surface area contributed by atoms with E-state index >= 15 is 0 Å². The number of nitrogens with zero attached hydrogens (tertiary/aromatic N) is 1. The van der Waals surface area contributed by atoms with E-state index in [0.29, 0.717) is 26.2 Å². The van der Waals surface area contributed by atoms with Crippen LogP contribution in [-0.2, 0) is 19.6 Å². The number of likely N-dealkylation sites (N-methyl/N-ethyl adjacent to an activating group) is 1. The molecule has 0 aliphatic heterocycles. The van der Waals surface area contributed by atoms with Crippen molar-refractivity contribution in [2.45, 2.75) is 89.8 Å². The van der Waals surface area contributed by atoms with Crippen molar-refractivity contribution in [3.8, 4) is 0 Å². The molecule has 0 saturated carbocycles. The Morgan fingerprint density at radius 3 is 1.78 bits per heavy atom. The maximum Gasteiger partial charge on any atom is 1.00 e. The van der Waals surface area contributed by atoms with Crippen LogP contribution in [-0.4, -0.2) is 92.6 Å². The molecule has 0 saturated heterocycles. The van der Waals surface area contributed by atoms with E-state index in [-0.39, 0.29) is 49.3 Å². The molecule has 2 atom stereocenters. The molecule has 0 heterocycles. The summed E-state index contributed by atoms with van der Waals surface area (Å²) in [6, 6.07) is 0. The van der Waals surface area contributed by atoms with Gasteiger partial charge in [-0.15, -0.1) is 0 Å². The number of rotatable bonds is 23. The summed E-state index contributed by atoms with van der Waals surface area (Å²) in [5.74, 6) is -0.779. The Labute approximate surface area is 218 Å². The summed E-state index contributed by atoms with van der Waals surface area (Å²) in [4.78, 5) is 1.74. The fourth-order valence-electron chi connectivity index (χ4n) is 3.35. The van der Waals surface area contributed by atoms with Gasteiger partial charge >= 0.3 is 29.6 Å². The fraction of sp³-hybridized carbons (Fsp3) is 1.00. The first-order valence-electron chi connectivity index (χ1n) is 11.9. The largest absolute Gasteiger partial charge is 1.00 e. The average molecular weight is 492 g/mol. The quantitative estimate of drug-likeness (QED) is 0.112. The summed E-state index contributed by atoms with van der Waals surface area (Å²) >= 11 is 0. The second-order valence-corrected chi connectivity index (χ2v) is 9.93. The number of aliphatic hydroxyl groups is 2. The molecule has 2 N–H and O–H groups in total. The molecule has 0 aromatic carbocycles. The third-order valence-corrected chi connectivity index (χ3v) is 5.80. The van der Waals surface area contributed by atoms with E-state index < -0.39 is 28.1 Å². The number of ether oxygens (including phenoxy) is 2. The predicted octanol–water partition coefficient (Wildman–Crippen LogP) is -0.467. The zero-order chi connectivity index (χ0) is 23.4. The fourth-order valence-corrected chi connectivity index (χ4v) is 3.93. The molecule has 0 aliphatic carbocycles. The van der Waals surface area contributed by atoms with Crippen molar-refractivity contribution in [1.29, 1.82) is 0 Å². The molecule has 0 bridgehead atoms. The van der Waals surface area contributed by atoms with E-state index in [9.17, 15) is 23.2 Å². The van der Waals surface area contributed by atoms with Crippen LogP contribution in [0.5, 0.6) is 0 Å². The van der Waals surface area contributed by atoms with Gasteiger partial charge in [-0.2, -0.15) is 0 Å². The first-order chi connectivity index (χ1) is 14.7. The van der Waals surface area contributed by atoms with Crippen LogP contribution in [0.15, 0.2) is 0 Å². The number of aliphatic hydroxyl groups excluding tert-OH is 2. The molecule has 2 unspecified atom stereocenters. The average Bonchev–Trinajstić information content (AvgIpc) is 2.67. The van der Waals surface area contributed by atoms with Crippen LogP contribution in [0.25, 0.3) is 0 Å². The van der Waals surface area contributed by atoms with E-state index in [2.05, 4.69) is 6.92 Å². The SMILES string of the molecule is CCCCCCCCCCCCOCC(O)COCCCN(C)CC(O)CS(=O)(=O)[O-].[Na+]. The predicted molar refractivity (Wildman–Crippen MR) is 122 cm³/mol. The second kappa shape index (κ2) is 23.5. The summed E-state index contributed by atoms with van der Waals surface area (Å²) < 4.78 is 42.7. The minimum Gasteiger partial charge on any atom is -0.748 e. The first kappa shape index (κ1) is 34.9. The van der Waals surface area contributed by atoms with Gasteiger partial charge in [0.2, 0.25) is 0 Å². The Morgan fingerprint density at radius 2 is 1.28 bits per heavy atom. The van der Waals surface area contributed by atoms with Gasteiger partial charge in [0.15, 0.2) is 0 Å². The third kappa shape index (κ3) is 27.0. The van der Waals surface area contributed by atoms with Crippen LogP contribution >= 0.6 is 0 Å². The van der Waals surface area contributed by atoms with Crippen molar-refractivity contribution < 1.29 is 62.2 Å². The molecule has 0 rings (SSSR count). The second-order valence-electron chi connectivity index (χ2n) is 8.48. The topological polar surface area (TPSA) is 119 Å². The zero-order valence-corrected chi connectivity index (χ0v) is 23.5. The Balaban J connectivity index is 0. The molecule has 0 radical (unpaired) electrons. The summed E-state index contributed by atoms with van der Waals surface area (Å²) in [6.07, 6.45) is 11.7. The number of hydrogen-bond donors (Lipinski definition) is 2. The van der Waals surface area contributed by atoms with Gasteiger partial charge in [0, 0.05) is 26.3 Å². The van der Waals surface area contributed by atoms with Gasteiger partial charge in [-0.25, -0.2) is 8.42 Å². The Hall–Kier alpha value is 0.710. The molecule has 10 heteroatoms. The van der Waals surface area contributed by atoms with Crippen molar-refractivity contribution in [3.05, 3.63) is 0 Å². The van der Waals surface area contributed by atoms with E-state index in [4.69, 9.17) is 9.47 Å². The van der Waals surface area contributed by atoms with E-state index in [1.807, 2.05) is 0 Å². The van der Waals surface area contributed by atoms with Crippen LogP contribution in [0.3, 0.4) is 0 Å². The maximum absolute atomic E-state index is 10.6. The van der Waals surface area contributed by atoms with Gasteiger partial charge in [-0.05, 0) is 19.9 Å². The van der Waals surface area contributed by atoms with Gasteiger partial charge in [-0.3, -0.25) is 0 Å². The van der Waals surface area contributed by atoms with Gasteiger partial charge in [0.05, 0.1) is 35.2 Å². The third-order valence-electron chi connectivity index (χ3n) is 5.01. The van der Waals surface area contributed by atoms with E-state index in [1.165, 1.54) is 57.8 Å². The zero-order valence-electron chi connectivity index (χ0n) is 20.7. The van der Waals surface area contributed by atoms with Crippen LogP contribution in [0.1, 0.15) is 77.6 Å². The molecule has 8 nitrogen and oxygen atoms in total. The first-order valence-corrected chi connectivity index (χ1v) is 13.5. The van der Waals surface area contributed by atoms with Crippen molar-refractivity contribution in [2.24, 2.45) is 0 Å². The molecule has 188 valence electrons. The van der Waals surface area contributed by atoms with Crippen LogP contribution < -0.4 is 29.6 Å². The maximum atomic E-state index is 10.6. The van der Waals surface area contributed by atoms with Gasteiger partial charge in [-0.1, -0.05) is 64.7 Å². The van der Waals surface area contributed by atoms with Gasteiger partial charge < -0.3 is 29.1 Å². The molecule has 32 heavy (non-hydrogen) atoms. The minimum absolute atomic E-state index is 0. The molecular weight excluding hydrogens is 445 g/mol. The molecule has 0 fully saturated rings. The van der Waals surface area contributed by atoms with Crippen molar-refractivity contribution in [3.63, 3.8) is 0 Å². The number of unbranched alkanes of at least 4 members (excludes halogenated alkanes) is 9. The smallest absolute Gasteiger partial charge is 0.748 e. The molecule has 0 aliphatic rings. The van der Waals surface area contributed by atoms with Crippen LogP contribution in [0.4, 0.5) is 0 Å². The summed E-state index contributed by atoms with van der Waals surface area (Å²) in [6.45, 7) is 4.52. The molecular formula is C22H46NNaO7S. The summed E-state index contributed by atoms with van der Waals surface area (Å²) in [5, 5.41) is 19.4. The van der Waals surface area contributed by atoms with Crippen molar-refractivity contribution in [2.75, 3.05) is 52.3 Å². The number of hydrogen-bond acceptors (Lipinski definition) is 8. The van der Waals surface area contributed by atoms with Crippen molar-refractivity contribution in [1.82, 2.24) is 4.90 Å². The van der Waals surface area contributed by atoms with Gasteiger partial charge in [0.1, 0.15) is 6.10 Å². The summed E-state index contributed by atoms with van der Waals surface area (Å²) in [5.41, 5.74) is 0. The van der Waals surface area contributed by atoms with Gasteiger partial charge in [0.25, 0.3) is 0 Å². The Morgan fingerprint density at radius 1 is 0.812 bits per heavy atom. The van der Waals surface area contributed by atoms with Crippen LogP contribution in [0.2, 0.25) is 0 Å². The normalized spacial score (nSPS) is 13.8. The van der Waals surface area contributed by atoms with E-state index in [1.54, 1.807) is 11.9 Å². The Bertz CT molecular complexity index is 497.